The third kappa shape index (κ3) is 3.50. The van der Waals surface area contributed by atoms with Gasteiger partial charge in [-0.2, -0.15) is 9.78 Å². The molecular weight excluding hydrogens is 364 g/mol. The van der Waals surface area contributed by atoms with Gasteiger partial charge in [0, 0.05) is 37.9 Å². The molecule has 0 spiro atoms. The minimum Gasteiger partial charge on any atom is -0.365 e. The van der Waals surface area contributed by atoms with Crippen LogP contribution >= 0.6 is 11.6 Å². The third-order valence-corrected chi connectivity index (χ3v) is 4.99. The van der Waals surface area contributed by atoms with E-state index in [0.29, 0.717) is 11.4 Å². The van der Waals surface area contributed by atoms with Gasteiger partial charge in [-0.3, -0.25) is 4.79 Å². The van der Waals surface area contributed by atoms with Crippen molar-refractivity contribution in [3.63, 3.8) is 0 Å². The van der Waals surface area contributed by atoms with E-state index < -0.39 is 0 Å². The number of aromatic nitrogens is 4. The van der Waals surface area contributed by atoms with Crippen LogP contribution in [0.1, 0.15) is 5.69 Å². The van der Waals surface area contributed by atoms with Gasteiger partial charge in [0.2, 0.25) is 0 Å². The van der Waals surface area contributed by atoms with E-state index in [1.54, 1.807) is 12.5 Å². The predicted molar refractivity (Wildman–Crippen MR) is 106 cm³/mol. The molecule has 3 aromatic rings. The summed E-state index contributed by atoms with van der Waals surface area (Å²) in [4.78, 5) is 25.5. The molecule has 1 aromatic carbocycles. The number of hydrogen-bond donors (Lipinski definition) is 0. The Bertz CT molecular complexity index is 999. The number of piperazine rings is 1. The lowest BCUT2D eigenvalue weighted by molar-refractivity contribution is 0.642. The maximum absolute atomic E-state index is 12.7. The van der Waals surface area contributed by atoms with Gasteiger partial charge in [-0.05, 0) is 19.1 Å². The molecule has 8 heteroatoms. The zero-order chi connectivity index (χ0) is 18.8. The van der Waals surface area contributed by atoms with Crippen molar-refractivity contribution in [1.82, 2.24) is 19.7 Å². The van der Waals surface area contributed by atoms with Crippen LogP contribution in [0.3, 0.4) is 0 Å². The van der Waals surface area contributed by atoms with Crippen LogP contribution in [0.15, 0.2) is 53.7 Å². The van der Waals surface area contributed by atoms with Gasteiger partial charge in [0.05, 0.1) is 17.6 Å². The molecule has 1 aliphatic heterocycles. The molecule has 0 unspecified atom stereocenters. The van der Waals surface area contributed by atoms with Crippen molar-refractivity contribution in [3.8, 4) is 5.69 Å². The second-order valence-corrected chi connectivity index (χ2v) is 6.77. The van der Waals surface area contributed by atoms with Crippen molar-refractivity contribution in [2.45, 2.75) is 6.92 Å². The summed E-state index contributed by atoms with van der Waals surface area (Å²) in [6.07, 6.45) is 3.25. The monoisotopic (exact) mass is 382 g/mol. The molecule has 7 nitrogen and oxygen atoms in total. The molecule has 27 heavy (non-hydrogen) atoms. The second-order valence-electron chi connectivity index (χ2n) is 6.39. The van der Waals surface area contributed by atoms with Crippen LogP contribution < -0.4 is 15.4 Å². The molecule has 1 saturated heterocycles. The standard InChI is InChI=1S/C19H19ClN6O/c1-14-11-17(22-13-21-14)25-9-7-24(8-10-25)16-12-23-26(19(27)18(16)20)15-5-3-2-4-6-15/h2-6,11-13H,7-10H2,1H3. The first-order valence-corrected chi connectivity index (χ1v) is 9.13. The minimum atomic E-state index is -0.311. The molecular formula is C19H19ClN6O. The molecule has 0 N–H and O–H groups in total. The first-order chi connectivity index (χ1) is 13.1. The summed E-state index contributed by atoms with van der Waals surface area (Å²) in [6, 6.07) is 11.2. The molecule has 4 rings (SSSR count). The van der Waals surface area contributed by atoms with Gasteiger partial charge in [0.15, 0.2) is 0 Å². The smallest absolute Gasteiger partial charge is 0.292 e. The largest absolute Gasteiger partial charge is 0.365 e. The van der Waals surface area contributed by atoms with Gasteiger partial charge in [0.25, 0.3) is 5.56 Å². The lowest BCUT2D eigenvalue weighted by atomic mass is 10.2. The topological polar surface area (TPSA) is 67.2 Å². The van der Waals surface area contributed by atoms with Crippen LogP contribution in [-0.2, 0) is 0 Å². The zero-order valence-corrected chi connectivity index (χ0v) is 15.7. The van der Waals surface area contributed by atoms with Crippen LogP contribution in [0.4, 0.5) is 11.5 Å². The van der Waals surface area contributed by atoms with Crippen molar-refractivity contribution in [3.05, 3.63) is 70.0 Å². The highest BCUT2D eigenvalue weighted by Gasteiger charge is 2.22. The summed E-state index contributed by atoms with van der Waals surface area (Å²) >= 11 is 6.41. The van der Waals surface area contributed by atoms with Crippen LogP contribution in [0, 0.1) is 6.92 Å². The highest BCUT2D eigenvalue weighted by molar-refractivity contribution is 6.33. The normalized spacial score (nSPS) is 14.4. The van der Waals surface area contributed by atoms with Crippen molar-refractivity contribution in [1.29, 1.82) is 0 Å². The Balaban J connectivity index is 1.53. The Morgan fingerprint density at radius 2 is 1.70 bits per heavy atom. The number of rotatable bonds is 3. The molecule has 1 fully saturated rings. The molecule has 0 atom stereocenters. The lowest BCUT2D eigenvalue weighted by Gasteiger charge is -2.36. The van der Waals surface area contributed by atoms with E-state index >= 15 is 0 Å². The number of benzene rings is 1. The maximum Gasteiger partial charge on any atom is 0.292 e. The van der Waals surface area contributed by atoms with Crippen LogP contribution in [-0.4, -0.2) is 45.9 Å². The summed E-state index contributed by atoms with van der Waals surface area (Å²) in [6.45, 7) is 5.00. The average Bonchev–Trinajstić information content (AvgIpc) is 2.71. The quantitative estimate of drug-likeness (QED) is 0.692. The number of hydrogen-bond acceptors (Lipinski definition) is 6. The van der Waals surface area contributed by atoms with E-state index in [-0.39, 0.29) is 10.6 Å². The average molecular weight is 383 g/mol. The van der Waals surface area contributed by atoms with Crippen molar-refractivity contribution in [2.24, 2.45) is 0 Å². The predicted octanol–water partition coefficient (Wildman–Crippen LogP) is 2.31. The van der Waals surface area contributed by atoms with Crippen LogP contribution in [0.25, 0.3) is 5.69 Å². The lowest BCUT2D eigenvalue weighted by Crippen LogP contribution is -2.47. The summed E-state index contributed by atoms with van der Waals surface area (Å²) < 4.78 is 1.33. The van der Waals surface area contributed by atoms with Gasteiger partial charge < -0.3 is 9.80 Å². The molecule has 0 amide bonds. The molecule has 0 saturated carbocycles. The molecule has 2 aromatic heterocycles. The van der Waals surface area contributed by atoms with E-state index in [0.717, 1.165) is 37.7 Å². The van der Waals surface area contributed by atoms with E-state index in [2.05, 4.69) is 24.9 Å². The maximum atomic E-state index is 12.7. The van der Waals surface area contributed by atoms with E-state index in [1.807, 2.05) is 43.3 Å². The fourth-order valence-corrected chi connectivity index (χ4v) is 3.44. The Morgan fingerprint density at radius 3 is 2.41 bits per heavy atom. The fourth-order valence-electron chi connectivity index (χ4n) is 3.19. The van der Waals surface area contributed by atoms with E-state index in [9.17, 15) is 4.79 Å². The number of para-hydroxylation sites is 1. The van der Waals surface area contributed by atoms with Gasteiger partial charge in [-0.15, -0.1) is 0 Å². The molecule has 0 bridgehead atoms. The molecule has 138 valence electrons. The first kappa shape index (κ1) is 17.5. The minimum absolute atomic E-state index is 0.195. The SMILES string of the molecule is Cc1cc(N2CCN(c3cnn(-c4ccccc4)c(=O)c3Cl)CC2)ncn1. The fraction of sp³-hybridized carbons (Fsp3) is 0.263. The van der Waals surface area contributed by atoms with Gasteiger partial charge in [0.1, 0.15) is 17.2 Å². The van der Waals surface area contributed by atoms with Gasteiger partial charge in [-0.1, -0.05) is 29.8 Å². The van der Waals surface area contributed by atoms with Crippen molar-refractivity contribution >= 4 is 23.1 Å². The molecule has 3 heterocycles. The Kier molecular flexibility index (Phi) is 4.77. The summed E-state index contributed by atoms with van der Waals surface area (Å²) in [5.41, 5.74) is 2.00. The Hall–Kier alpha value is -2.93. The summed E-state index contributed by atoms with van der Waals surface area (Å²) in [7, 11) is 0. The number of halogens is 1. The van der Waals surface area contributed by atoms with Crippen molar-refractivity contribution < 1.29 is 0 Å². The number of aryl methyl sites for hydroxylation is 1. The zero-order valence-electron chi connectivity index (χ0n) is 14.9. The van der Waals surface area contributed by atoms with Gasteiger partial charge >= 0.3 is 0 Å². The summed E-state index contributed by atoms with van der Waals surface area (Å²) in [5.74, 6) is 0.922. The highest BCUT2D eigenvalue weighted by Crippen LogP contribution is 2.24. The van der Waals surface area contributed by atoms with E-state index in [4.69, 9.17) is 11.6 Å². The van der Waals surface area contributed by atoms with Gasteiger partial charge in [-0.25, -0.2) is 9.97 Å². The molecule has 1 aliphatic rings. The van der Waals surface area contributed by atoms with E-state index in [1.165, 1.54) is 4.68 Å². The number of nitrogens with zero attached hydrogens (tertiary/aromatic N) is 6. The second kappa shape index (κ2) is 7.36. The first-order valence-electron chi connectivity index (χ1n) is 8.75. The van der Waals surface area contributed by atoms with Crippen molar-refractivity contribution in [2.75, 3.05) is 36.0 Å². The molecule has 0 radical (unpaired) electrons. The Morgan fingerprint density at radius 1 is 1.00 bits per heavy atom. The number of anilines is 2. The summed E-state index contributed by atoms with van der Waals surface area (Å²) in [5, 5.41) is 4.51. The van der Waals surface area contributed by atoms with Crippen LogP contribution in [0.5, 0.6) is 0 Å². The Labute approximate surface area is 161 Å². The van der Waals surface area contributed by atoms with Crippen LogP contribution in [0.2, 0.25) is 5.02 Å². The highest BCUT2D eigenvalue weighted by atomic mass is 35.5. The third-order valence-electron chi connectivity index (χ3n) is 4.63. The molecule has 0 aliphatic carbocycles.